The molecule has 0 spiro atoms. The average Bonchev–Trinajstić information content (AvgIpc) is 3.18. The molecule has 1 aromatic heterocycles. The van der Waals surface area contributed by atoms with Crippen LogP contribution in [0.1, 0.15) is 37.8 Å². The van der Waals surface area contributed by atoms with Crippen LogP contribution in [0.25, 0.3) is 5.69 Å². The van der Waals surface area contributed by atoms with Gasteiger partial charge in [0.1, 0.15) is 0 Å². The van der Waals surface area contributed by atoms with Crippen molar-refractivity contribution in [3.63, 3.8) is 0 Å². The van der Waals surface area contributed by atoms with Gasteiger partial charge in [-0.25, -0.2) is 4.68 Å². The second kappa shape index (κ2) is 6.32. The summed E-state index contributed by atoms with van der Waals surface area (Å²) in [7, 11) is 0. The topological polar surface area (TPSA) is 72.9 Å². The number of nitrogens with one attached hydrogen (secondary N) is 1. The molecule has 0 aliphatic heterocycles. The summed E-state index contributed by atoms with van der Waals surface area (Å²) in [5.41, 5.74) is 7.98. The summed E-state index contributed by atoms with van der Waals surface area (Å²) in [5, 5.41) is 7.30. The Balaban J connectivity index is 1.62. The van der Waals surface area contributed by atoms with Crippen LogP contribution in [0.5, 0.6) is 0 Å². The zero-order valence-electron chi connectivity index (χ0n) is 12.8. The Morgan fingerprint density at radius 2 is 2.14 bits per heavy atom. The highest BCUT2D eigenvalue weighted by Crippen LogP contribution is 2.25. The molecule has 3 N–H and O–H groups in total. The van der Waals surface area contributed by atoms with Crippen LogP contribution >= 0.6 is 0 Å². The minimum Gasteiger partial charge on any atom is -0.349 e. The maximum absolute atomic E-state index is 12.2. The van der Waals surface area contributed by atoms with Crippen LogP contribution in [0, 0.1) is 5.92 Å². The van der Waals surface area contributed by atoms with Crippen LogP contribution in [-0.2, 0) is 4.79 Å². The van der Waals surface area contributed by atoms with Crippen molar-refractivity contribution in [1.29, 1.82) is 0 Å². The van der Waals surface area contributed by atoms with E-state index in [1.807, 2.05) is 48.1 Å². The first-order valence-electron chi connectivity index (χ1n) is 7.79. The molecule has 3 atom stereocenters. The quantitative estimate of drug-likeness (QED) is 0.908. The first-order valence-corrected chi connectivity index (χ1v) is 7.79. The monoisotopic (exact) mass is 298 g/mol. The Hall–Kier alpha value is -2.14. The Morgan fingerprint density at radius 3 is 2.73 bits per heavy atom. The summed E-state index contributed by atoms with van der Waals surface area (Å²) in [6.45, 7) is 2.01. The number of benzene rings is 1. The van der Waals surface area contributed by atoms with Crippen LogP contribution in [-0.4, -0.2) is 21.7 Å². The summed E-state index contributed by atoms with van der Waals surface area (Å²) in [5.74, 6) is 0.192. The first kappa shape index (κ1) is 14.8. The van der Waals surface area contributed by atoms with Crippen LogP contribution in [0.2, 0.25) is 0 Å². The van der Waals surface area contributed by atoms with Crippen LogP contribution in [0.4, 0.5) is 0 Å². The minimum atomic E-state index is -0.00371. The number of amides is 1. The third-order valence-corrected chi connectivity index (χ3v) is 4.36. The summed E-state index contributed by atoms with van der Waals surface area (Å²) < 4.78 is 1.81. The number of aromatic nitrogens is 2. The van der Waals surface area contributed by atoms with Crippen molar-refractivity contribution >= 4 is 5.91 Å². The lowest BCUT2D eigenvalue weighted by Crippen LogP contribution is -2.32. The summed E-state index contributed by atoms with van der Waals surface area (Å²) in [4.78, 5) is 12.2. The fraction of sp³-hybridized carbons (Fsp3) is 0.412. The van der Waals surface area contributed by atoms with Crippen molar-refractivity contribution in [2.75, 3.05) is 0 Å². The van der Waals surface area contributed by atoms with Crippen LogP contribution < -0.4 is 11.1 Å². The molecule has 1 amide bonds. The molecule has 5 heteroatoms. The van der Waals surface area contributed by atoms with Crippen molar-refractivity contribution in [3.8, 4) is 5.69 Å². The Labute approximate surface area is 130 Å². The molecule has 1 aliphatic carbocycles. The number of hydrogen-bond acceptors (Lipinski definition) is 3. The molecule has 0 bridgehead atoms. The molecule has 1 saturated carbocycles. The highest BCUT2D eigenvalue weighted by atomic mass is 16.1. The van der Waals surface area contributed by atoms with E-state index in [1.54, 1.807) is 6.20 Å². The molecule has 116 valence electrons. The van der Waals surface area contributed by atoms with E-state index < -0.39 is 0 Å². The standard InChI is InChI=1S/C17H22N4O/c1-12(20-17(22)14-3-6-15(18)11-14)13-4-7-16(8-5-13)21-10-2-9-19-21/h2,4-5,7-10,12,14-15H,3,6,11,18H2,1H3,(H,20,22). The summed E-state index contributed by atoms with van der Waals surface area (Å²) >= 11 is 0. The molecule has 1 aromatic carbocycles. The van der Waals surface area contributed by atoms with Crippen LogP contribution in [0.15, 0.2) is 42.7 Å². The Morgan fingerprint density at radius 1 is 1.36 bits per heavy atom. The second-order valence-corrected chi connectivity index (χ2v) is 6.04. The van der Waals surface area contributed by atoms with Gasteiger partial charge >= 0.3 is 0 Å². The molecule has 2 aromatic rings. The van der Waals surface area contributed by atoms with E-state index in [9.17, 15) is 4.79 Å². The van der Waals surface area contributed by atoms with Gasteiger partial charge in [-0.1, -0.05) is 12.1 Å². The second-order valence-electron chi connectivity index (χ2n) is 6.04. The largest absolute Gasteiger partial charge is 0.349 e. The Bertz CT molecular complexity index is 621. The van der Waals surface area contributed by atoms with Gasteiger partial charge in [-0.05, 0) is 49.9 Å². The van der Waals surface area contributed by atoms with Gasteiger partial charge in [-0.2, -0.15) is 5.10 Å². The van der Waals surface area contributed by atoms with E-state index in [1.165, 1.54) is 0 Å². The van der Waals surface area contributed by atoms with Crippen molar-refractivity contribution in [1.82, 2.24) is 15.1 Å². The third-order valence-electron chi connectivity index (χ3n) is 4.36. The molecule has 1 heterocycles. The molecule has 3 unspecified atom stereocenters. The summed E-state index contributed by atoms with van der Waals surface area (Å²) in [6.07, 6.45) is 6.31. The summed E-state index contributed by atoms with van der Waals surface area (Å²) in [6, 6.07) is 10.1. The van der Waals surface area contributed by atoms with E-state index in [2.05, 4.69) is 10.4 Å². The molecule has 3 rings (SSSR count). The van der Waals surface area contributed by atoms with Gasteiger partial charge in [0.25, 0.3) is 0 Å². The number of hydrogen-bond donors (Lipinski definition) is 2. The van der Waals surface area contributed by atoms with E-state index in [0.717, 1.165) is 30.5 Å². The maximum atomic E-state index is 12.2. The molecule has 22 heavy (non-hydrogen) atoms. The van der Waals surface area contributed by atoms with Gasteiger partial charge in [-0.3, -0.25) is 4.79 Å². The average molecular weight is 298 g/mol. The molecule has 0 radical (unpaired) electrons. The van der Waals surface area contributed by atoms with E-state index in [0.29, 0.717) is 0 Å². The smallest absolute Gasteiger partial charge is 0.223 e. The lowest BCUT2D eigenvalue weighted by Gasteiger charge is -2.18. The van der Waals surface area contributed by atoms with E-state index >= 15 is 0 Å². The Kier molecular flexibility index (Phi) is 4.24. The fourth-order valence-electron chi connectivity index (χ4n) is 3.01. The van der Waals surface area contributed by atoms with Gasteiger partial charge in [0.2, 0.25) is 5.91 Å². The highest BCUT2D eigenvalue weighted by Gasteiger charge is 2.28. The van der Waals surface area contributed by atoms with Gasteiger partial charge in [0.15, 0.2) is 0 Å². The molecule has 5 nitrogen and oxygen atoms in total. The fourth-order valence-corrected chi connectivity index (χ4v) is 3.01. The minimum absolute atomic E-state index is 0.00371. The van der Waals surface area contributed by atoms with Gasteiger partial charge in [-0.15, -0.1) is 0 Å². The lowest BCUT2D eigenvalue weighted by molar-refractivity contribution is -0.125. The number of carbonyl (C=O) groups is 1. The van der Waals surface area contributed by atoms with Crippen molar-refractivity contribution in [2.45, 2.75) is 38.3 Å². The van der Waals surface area contributed by atoms with Gasteiger partial charge < -0.3 is 11.1 Å². The van der Waals surface area contributed by atoms with Gasteiger partial charge in [0.05, 0.1) is 11.7 Å². The van der Waals surface area contributed by atoms with Crippen molar-refractivity contribution < 1.29 is 4.79 Å². The zero-order valence-corrected chi connectivity index (χ0v) is 12.8. The lowest BCUT2D eigenvalue weighted by atomic mass is 10.0. The molecular weight excluding hydrogens is 276 g/mol. The van der Waals surface area contributed by atoms with E-state index in [4.69, 9.17) is 5.73 Å². The highest BCUT2D eigenvalue weighted by molar-refractivity contribution is 5.79. The van der Waals surface area contributed by atoms with Crippen molar-refractivity contribution in [2.24, 2.45) is 11.7 Å². The number of nitrogens with two attached hydrogens (primary N) is 1. The predicted molar refractivity (Wildman–Crippen MR) is 85.4 cm³/mol. The predicted octanol–water partition coefficient (Wildman–Crippen LogP) is 2.18. The molecule has 1 aliphatic rings. The number of rotatable bonds is 4. The maximum Gasteiger partial charge on any atom is 0.223 e. The van der Waals surface area contributed by atoms with Crippen molar-refractivity contribution in [3.05, 3.63) is 48.3 Å². The zero-order chi connectivity index (χ0) is 15.5. The SMILES string of the molecule is CC(NC(=O)C1CCC(N)C1)c1ccc(-n2cccn2)cc1. The number of nitrogens with zero attached hydrogens (tertiary/aromatic N) is 2. The van der Waals surface area contributed by atoms with Gasteiger partial charge in [0, 0.05) is 24.4 Å². The first-order chi connectivity index (χ1) is 10.6. The third kappa shape index (κ3) is 3.20. The van der Waals surface area contributed by atoms with E-state index in [-0.39, 0.29) is 23.9 Å². The van der Waals surface area contributed by atoms with Crippen LogP contribution in [0.3, 0.4) is 0 Å². The molecule has 1 fully saturated rings. The normalized spacial score (nSPS) is 22.5. The number of carbonyl (C=O) groups excluding carboxylic acids is 1. The molecule has 0 saturated heterocycles. The molecular formula is C17H22N4O.